The van der Waals surface area contributed by atoms with Crippen LogP contribution in [-0.2, 0) is 20.1 Å². The van der Waals surface area contributed by atoms with Gasteiger partial charge in [0.1, 0.15) is 11.5 Å². The summed E-state index contributed by atoms with van der Waals surface area (Å²) in [6.45, 7) is 4.08. The molecule has 3 aromatic rings. The van der Waals surface area contributed by atoms with E-state index in [1.807, 2.05) is 6.08 Å². The van der Waals surface area contributed by atoms with Gasteiger partial charge in [0.2, 0.25) is 0 Å². The van der Waals surface area contributed by atoms with E-state index in [1.165, 1.54) is 4.57 Å². The third-order valence-corrected chi connectivity index (χ3v) is 5.34. The highest BCUT2D eigenvalue weighted by atomic mass is 16.5. The number of hydrogen-bond donors (Lipinski definition) is 1. The molecule has 33 heavy (non-hydrogen) atoms. The highest BCUT2D eigenvalue weighted by Crippen LogP contribution is 2.27. The summed E-state index contributed by atoms with van der Waals surface area (Å²) in [5.74, 6) is 1.17. The zero-order valence-corrected chi connectivity index (χ0v) is 18.5. The number of nitrogens with zero attached hydrogens (tertiary/aromatic N) is 5. The van der Waals surface area contributed by atoms with Crippen LogP contribution in [0.15, 0.2) is 62.8 Å². The Morgan fingerprint density at radius 1 is 1.15 bits per heavy atom. The maximum absolute atomic E-state index is 13.3. The molecule has 172 valence electrons. The molecule has 0 spiro atoms. The van der Waals surface area contributed by atoms with E-state index >= 15 is 0 Å². The van der Waals surface area contributed by atoms with E-state index in [-0.39, 0.29) is 43.3 Å². The summed E-state index contributed by atoms with van der Waals surface area (Å²) in [5, 5.41) is 9.19. The molecular weight excluding hydrogens is 426 g/mol. The van der Waals surface area contributed by atoms with Crippen LogP contribution >= 0.6 is 0 Å². The third-order valence-electron chi connectivity index (χ3n) is 5.34. The molecule has 0 saturated carbocycles. The highest BCUT2D eigenvalue weighted by molar-refractivity contribution is 5.80. The van der Waals surface area contributed by atoms with Crippen LogP contribution < -0.4 is 20.7 Å². The SMILES string of the molecule is C=C1C=NC(Cn2c(Oc3ccc(OC)cc3)nc3c2c(=O)n(CCCO)c(=O)n3C)=CC1. The Kier molecular flexibility index (Phi) is 6.27. The maximum Gasteiger partial charge on any atom is 0.332 e. The first kappa shape index (κ1) is 22.3. The van der Waals surface area contributed by atoms with Crippen molar-refractivity contribution in [3.05, 3.63) is 69.0 Å². The summed E-state index contributed by atoms with van der Waals surface area (Å²) in [5.41, 5.74) is 1.03. The van der Waals surface area contributed by atoms with Crippen LogP contribution in [0.4, 0.5) is 0 Å². The second-order valence-corrected chi connectivity index (χ2v) is 7.62. The van der Waals surface area contributed by atoms with Crippen molar-refractivity contribution in [1.82, 2.24) is 18.7 Å². The maximum atomic E-state index is 13.3. The monoisotopic (exact) mass is 451 g/mol. The minimum absolute atomic E-state index is 0.0957. The molecule has 0 bridgehead atoms. The molecule has 10 heteroatoms. The van der Waals surface area contributed by atoms with Crippen molar-refractivity contribution >= 4 is 17.4 Å². The van der Waals surface area contributed by atoms with Crippen molar-refractivity contribution in [2.45, 2.75) is 25.9 Å². The summed E-state index contributed by atoms with van der Waals surface area (Å²) in [6.07, 6.45) is 4.55. The molecule has 4 rings (SSSR count). The van der Waals surface area contributed by atoms with Gasteiger partial charge in [0.15, 0.2) is 11.2 Å². The van der Waals surface area contributed by atoms with E-state index in [9.17, 15) is 14.7 Å². The van der Waals surface area contributed by atoms with E-state index in [4.69, 9.17) is 9.47 Å². The van der Waals surface area contributed by atoms with Crippen LogP contribution in [0.25, 0.3) is 11.2 Å². The van der Waals surface area contributed by atoms with Crippen molar-refractivity contribution in [3.63, 3.8) is 0 Å². The number of ether oxygens (including phenoxy) is 2. The van der Waals surface area contributed by atoms with Crippen LogP contribution in [-0.4, -0.2) is 43.7 Å². The minimum atomic E-state index is -0.507. The Hall–Kier alpha value is -3.92. The zero-order chi connectivity index (χ0) is 23.5. The second-order valence-electron chi connectivity index (χ2n) is 7.62. The molecule has 1 aromatic carbocycles. The Morgan fingerprint density at radius 2 is 1.88 bits per heavy atom. The van der Waals surface area contributed by atoms with Gasteiger partial charge in [-0.1, -0.05) is 12.7 Å². The van der Waals surface area contributed by atoms with Gasteiger partial charge in [-0.05, 0) is 42.7 Å². The first-order valence-electron chi connectivity index (χ1n) is 10.5. The predicted octanol–water partition coefficient (Wildman–Crippen LogP) is 1.99. The number of imidazole rings is 1. The lowest BCUT2D eigenvalue weighted by atomic mass is 10.1. The van der Waals surface area contributed by atoms with Crippen LogP contribution in [0, 0.1) is 0 Å². The smallest absolute Gasteiger partial charge is 0.332 e. The third kappa shape index (κ3) is 4.37. The van der Waals surface area contributed by atoms with Crippen molar-refractivity contribution in [2.75, 3.05) is 13.7 Å². The topological polar surface area (TPSA) is 113 Å². The average molecular weight is 451 g/mol. The number of aliphatic imine (C=N–C) groups is 1. The minimum Gasteiger partial charge on any atom is -0.497 e. The Bertz CT molecular complexity index is 1380. The van der Waals surface area contributed by atoms with E-state index < -0.39 is 11.2 Å². The fraction of sp³-hybridized carbons (Fsp3) is 0.304. The normalized spacial score (nSPS) is 13.4. The van der Waals surface area contributed by atoms with Gasteiger partial charge in [-0.25, -0.2) is 4.79 Å². The standard InChI is InChI=1S/C23H25N5O5/c1-15-5-6-16(24-13-15)14-28-19-20(26(2)23(31)27(21(19)30)11-4-12-29)25-22(28)33-18-9-7-17(32-3)8-10-18/h6-10,13,29H,1,4-5,11-12,14H2,2-3H3. The second kappa shape index (κ2) is 9.29. The number of rotatable bonds is 8. The fourth-order valence-electron chi connectivity index (χ4n) is 3.55. The number of hydrogen-bond acceptors (Lipinski definition) is 7. The van der Waals surface area contributed by atoms with Gasteiger partial charge in [-0.2, -0.15) is 4.98 Å². The first-order chi connectivity index (χ1) is 15.9. The molecule has 1 N–H and O–H groups in total. The summed E-state index contributed by atoms with van der Waals surface area (Å²) in [4.78, 5) is 35.0. The van der Waals surface area contributed by atoms with Crippen molar-refractivity contribution < 1.29 is 14.6 Å². The molecule has 10 nitrogen and oxygen atoms in total. The van der Waals surface area contributed by atoms with Gasteiger partial charge in [0.05, 0.1) is 19.4 Å². The van der Waals surface area contributed by atoms with Crippen LogP contribution in [0.2, 0.25) is 0 Å². The molecule has 0 amide bonds. The number of aromatic nitrogens is 4. The van der Waals surface area contributed by atoms with E-state index in [1.54, 1.807) is 49.2 Å². The number of fused-ring (bicyclic) bond motifs is 1. The van der Waals surface area contributed by atoms with Gasteiger partial charge in [0.25, 0.3) is 5.56 Å². The number of aliphatic hydroxyl groups is 1. The molecule has 1 aliphatic heterocycles. The van der Waals surface area contributed by atoms with Crippen molar-refractivity contribution in [2.24, 2.45) is 12.0 Å². The van der Waals surface area contributed by atoms with Crippen LogP contribution in [0.1, 0.15) is 12.8 Å². The van der Waals surface area contributed by atoms with Gasteiger partial charge >= 0.3 is 11.7 Å². The molecule has 0 radical (unpaired) electrons. The number of aliphatic hydroxyl groups excluding tert-OH is 1. The van der Waals surface area contributed by atoms with Gasteiger partial charge < -0.3 is 14.6 Å². The lowest BCUT2D eigenvalue weighted by Crippen LogP contribution is -2.39. The van der Waals surface area contributed by atoms with Crippen LogP contribution in [0.3, 0.4) is 0 Å². The Morgan fingerprint density at radius 3 is 2.52 bits per heavy atom. The molecule has 2 aromatic heterocycles. The highest BCUT2D eigenvalue weighted by Gasteiger charge is 2.22. The molecular formula is C23H25N5O5. The van der Waals surface area contributed by atoms with Gasteiger partial charge in [0, 0.05) is 26.4 Å². The number of benzene rings is 1. The summed E-state index contributed by atoms with van der Waals surface area (Å²) < 4.78 is 15.2. The molecule has 3 heterocycles. The molecule has 0 saturated heterocycles. The van der Waals surface area contributed by atoms with Gasteiger partial charge in [-0.3, -0.25) is 23.5 Å². The lowest BCUT2D eigenvalue weighted by molar-refractivity contribution is 0.277. The van der Waals surface area contributed by atoms with Crippen LogP contribution in [0.5, 0.6) is 17.5 Å². The molecule has 0 aliphatic carbocycles. The predicted molar refractivity (Wildman–Crippen MR) is 124 cm³/mol. The zero-order valence-electron chi connectivity index (χ0n) is 18.5. The summed E-state index contributed by atoms with van der Waals surface area (Å²) in [7, 11) is 3.13. The largest absolute Gasteiger partial charge is 0.497 e. The average Bonchev–Trinajstić information content (AvgIpc) is 3.17. The quantitative estimate of drug-likeness (QED) is 0.561. The summed E-state index contributed by atoms with van der Waals surface area (Å²) in [6, 6.07) is 7.10. The molecule has 1 aliphatic rings. The van der Waals surface area contributed by atoms with Crippen molar-refractivity contribution in [3.8, 4) is 17.5 Å². The first-order valence-corrected chi connectivity index (χ1v) is 10.5. The van der Waals surface area contributed by atoms with Gasteiger partial charge in [-0.15, -0.1) is 0 Å². The number of aryl methyl sites for hydroxylation is 1. The molecule has 0 fully saturated rings. The Labute approximate surface area is 189 Å². The number of methoxy groups -OCH3 is 1. The summed E-state index contributed by atoms with van der Waals surface area (Å²) >= 11 is 0. The lowest BCUT2D eigenvalue weighted by Gasteiger charge is -2.13. The fourth-order valence-corrected chi connectivity index (χ4v) is 3.55. The Balaban J connectivity index is 1.87. The van der Waals surface area contributed by atoms with E-state index in [0.29, 0.717) is 17.9 Å². The van der Waals surface area contributed by atoms with Crippen molar-refractivity contribution in [1.29, 1.82) is 0 Å². The van der Waals surface area contributed by atoms with E-state index in [0.717, 1.165) is 15.8 Å². The van der Waals surface area contributed by atoms with E-state index in [2.05, 4.69) is 16.6 Å². The number of allylic oxidation sites excluding steroid dienone is 3. The molecule has 0 atom stereocenters. The molecule has 0 unspecified atom stereocenters.